The summed E-state index contributed by atoms with van der Waals surface area (Å²) in [5, 5.41) is 32.3. The predicted octanol–water partition coefficient (Wildman–Crippen LogP) is 3.20. The highest BCUT2D eigenvalue weighted by molar-refractivity contribution is 5.89. The molecule has 3 aromatic rings. The maximum Gasteiger partial charge on any atom is 0.276 e. The molecule has 0 unspecified atom stereocenters. The fraction of sp³-hybridized carbons (Fsp3) is 0.464. The smallest absolute Gasteiger partial charge is 0.276 e. The number of carbonyl (C=O) groups is 1. The summed E-state index contributed by atoms with van der Waals surface area (Å²) >= 11 is 0. The van der Waals surface area contributed by atoms with E-state index < -0.39 is 29.5 Å². The monoisotopic (exact) mass is 551 g/mol. The number of nitrogens with zero attached hydrogens (tertiary/aromatic N) is 4. The fourth-order valence-electron chi connectivity index (χ4n) is 4.81. The van der Waals surface area contributed by atoms with Gasteiger partial charge in [0.15, 0.2) is 0 Å². The fourth-order valence-corrected chi connectivity index (χ4v) is 4.81. The van der Waals surface area contributed by atoms with Crippen molar-refractivity contribution in [3.63, 3.8) is 0 Å². The van der Waals surface area contributed by atoms with E-state index >= 15 is 0 Å². The number of ketones is 1. The number of nitrogens with two attached hydrogens (primary N) is 1. The number of fused-ring (bicyclic) bond motifs is 1. The summed E-state index contributed by atoms with van der Waals surface area (Å²) in [4.78, 5) is 31.2. The summed E-state index contributed by atoms with van der Waals surface area (Å²) in [6, 6.07) is 4.79. The van der Waals surface area contributed by atoms with Crippen LogP contribution in [-0.4, -0.2) is 54.3 Å². The zero-order valence-corrected chi connectivity index (χ0v) is 22.6. The lowest BCUT2D eigenvalue weighted by Crippen LogP contribution is -2.24. The molecule has 0 spiro atoms. The van der Waals surface area contributed by atoms with Crippen molar-refractivity contribution >= 4 is 28.3 Å². The van der Waals surface area contributed by atoms with Crippen LogP contribution < -0.4 is 5.73 Å². The van der Waals surface area contributed by atoms with E-state index in [1.165, 1.54) is 19.3 Å². The molecule has 1 saturated heterocycles. The highest BCUT2D eigenvalue weighted by Gasteiger charge is 2.36. The molecule has 1 aliphatic rings. The molecule has 12 heteroatoms. The number of ether oxygens (including phenoxy) is 2. The first-order valence-corrected chi connectivity index (χ1v) is 13.0. The van der Waals surface area contributed by atoms with Gasteiger partial charge in [0.1, 0.15) is 35.9 Å². The Balaban J connectivity index is 1.62. The van der Waals surface area contributed by atoms with E-state index in [4.69, 9.17) is 15.2 Å². The molecule has 1 aromatic carbocycles. The van der Waals surface area contributed by atoms with Gasteiger partial charge < -0.3 is 30.0 Å². The van der Waals surface area contributed by atoms with Gasteiger partial charge in [0.25, 0.3) is 5.69 Å². The van der Waals surface area contributed by atoms with Gasteiger partial charge in [-0.1, -0.05) is 25.7 Å². The van der Waals surface area contributed by atoms with Crippen molar-refractivity contribution in [1.82, 2.24) is 14.5 Å². The van der Waals surface area contributed by atoms with Crippen molar-refractivity contribution in [3.8, 4) is 11.8 Å². The van der Waals surface area contributed by atoms with Crippen LogP contribution in [0.1, 0.15) is 69.1 Å². The van der Waals surface area contributed by atoms with Gasteiger partial charge in [0.05, 0.1) is 41.3 Å². The van der Waals surface area contributed by atoms with Crippen LogP contribution in [0.2, 0.25) is 0 Å². The Kier molecular flexibility index (Phi) is 9.11. The zero-order chi connectivity index (χ0) is 29.0. The lowest BCUT2D eigenvalue weighted by Gasteiger charge is -2.22. The number of nitro groups is 1. The van der Waals surface area contributed by atoms with Crippen molar-refractivity contribution in [2.45, 2.75) is 71.2 Å². The van der Waals surface area contributed by atoms with Crippen molar-refractivity contribution in [2.24, 2.45) is 5.92 Å². The maximum atomic E-state index is 12.0. The minimum Gasteiger partial charge on any atom is -0.394 e. The molecule has 212 valence electrons. The van der Waals surface area contributed by atoms with Crippen molar-refractivity contribution in [3.05, 3.63) is 57.5 Å². The van der Waals surface area contributed by atoms with Crippen LogP contribution in [0.5, 0.6) is 0 Å². The number of carbonyl (C=O) groups excluding carboxylic acids is 1. The normalized spacial score (nSPS) is 19.5. The highest BCUT2D eigenvalue weighted by atomic mass is 16.6. The number of aliphatic hydroxyl groups excluding tert-OH is 2. The molecule has 0 bridgehead atoms. The van der Waals surface area contributed by atoms with Crippen LogP contribution in [0.15, 0.2) is 30.7 Å². The van der Waals surface area contributed by atoms with Gasteiger partial charge in [-0.3, -0.25) is 14.9 Å². The second-order valence-corrected chi connectivity index (χ2v) is 10.1. The standard InChI is InChI=1S/C28H33N5O7/c1-16(2)26(20-9-8-18(10-21(20)33(37)38)7-5-4-6-17(3)35)39-14-19-12-32(24-11-22(36)23(13-34)40-24)28-25(19)27(29)30-15-31-28/h8-10,12,15-16,22-24,26,34,36H,4,6,11,13-14H2,1-3H3,(H2,29,30,31)/t22-,23-,24-,26-/m1/s1. The van der Waals surface area contributed by atoms with Gasteiger partial charge in [0.2, 0.25) is 0 Å². The summed E-state index contributed by atoms with van der Waals surface area (Å²) in [5.74, 6) is 5.93. The van der Waals surface area contributed by atoms with E-state index in [2.05, 4.69) is 21.8 Å². The zero-order valence-electron chi connectivity index (χ0n) is 22.6. The number of benzene rings is 1. The van der Waals surface area contributed by atoms with Gasteiger partial charge in [-0.05, 0) is 25.0 Å². The van der Waals surface area contributed by atoms with Crippen molar-refractivity contribution in [1.29, 1.82) is 0 Å². The van der Waals surface area contributed by atoms with E-state index in [0.717, 1.165) is 0 Å². The van der Waals surface area contributed by atoms with Crippen molar-refractivity contribution < 1.29 is 29.4 Å². The van der Waals surface area contributed by atoms with Crippen LogP contribution >= 0.6 is 0 Å². The molecule has 40 heavy (non-hydrogen) atoms. The van der Waals surface area contributed by atoms with Gasteiger partial charge in [-0.15, -0.1) is 0 Å². The minimum absolute atomic E-state index is 0.0340. The molecule has 0 saturated carbocycles. The molecule has 3 heterocycles. The number of nitro benzene ring substituents is 1. The molecular formula is C28H33N5O7. The molecular weight excluding hydrogens is 518 g/mol. The average molecular weight is 552 g/mol. The molecule has 4 rings (SSSR count). The Morgan fingerprint density at radius 3 is 2.80 bits per heavy atom. The molecule has 4 N–H and O–H groups in total. The third-order valence-corrected chi connectivity index (χ3v) is 6.80. The third kappa shape index (κ3) is 6.29. The summed E-state index contributed by atoms with van der Waals surface area (Å²) in [7, 11) is 0. The third-order valence-electron chi connectivity index (χ3n) is 6.80. The predicted molar refractivity (Wildman–Crippen MR) is 146 cm³/mol. The summed E-state index contributed by atoms with van der Waals surface area (Å²) in [6.07, 6.45) is 1.30. The van der Waals surface area contributed by atoms with Crippen LogP contribution in [-0.2, 0) is 20.9 Å². The second-order valence-electron chi connectivity index (χ2n) is 10.1. The first-order valence-electron chi connectivity index (χ1n) is 13.0. The number of hydrogen-bond acceptors (Lipinski definition) is 10. The highest BCUT2D eigenvalue weighted by Crippen LogP contribution is 2.37. The van der Waals surface area contributed by atoms with E-state index in [-0.39, 0.29) is 42.8 Å². The van der Waals surface area contributed by atoms with Crippen LogP contribution in [0.25, 0.3) is 11.0 Å². The molecule has 4 atom stereocenters. The van der Waals surface area contributed by atoms with Crippen molar-refractivity contribution in [2.75, 3.05) is 12.3 Å². The van der Waals surface area contributed by atoms with Crippen LogP contribution in [0.3, 0.4) is 0 Å². The van der Waals surface area contributed by atoms with Gasteiger partial charge in [-0.2, -0.15) is 0 Å². The van der Waals surface area contributed by atoms with E-state index in [1.54, 1.807) is 22.9 Å². The largest absolute Gasteiger partial charge is 0.394 e. The Hall–Kier alpha value is -3.89. The number of aromatic nitrogens is 3. The summed E-state index contributed by atoms with van der Waals surface area (Å²) in [6.45, 7) is 5.04. The maximum absolute atomic E-state index is 12.0. The number of nitrogen functional groups attached to an aromatic ring is 1. The number of anilines is 1. The minimum atomic E-state index is -0.834. The topological polar surface area (TPSA) is 176 Å². The number of Topliss-reactive ketones (excluding diaryl/α,β-unsaturated/α-hetero) is 1. The van der Waals surface area contributed by atoms with E-state index in [1.807, 2.05) is 13.8 Å². The van der Waals surface area contributed by atoms with Gasteiger partial charge in [-0.25, -0.2) is 9.97 Å². The summed E-state index contributed by atoms with van der Waals surface area (Å²) < 4.78 is 13.9. The molecule has 12 nitrogen and oxygen atoms in total. The lowest BCUT2D eigenvalue weighted by atomic mass is 9.96. The quantitative estimate of drug-likeness (QED) is 0.193. The Bertz CT molecular complexity index is 1460. The first-order chi connectivity index (χ1) is 19.1. The second kappa shape index (κ2) is 12.5. The SMILES string of the molecule is CC(=O)CCC#Cc1ccc([C@H](OCc2cn([C@H]3C[C@@H](O)[C@@H](CO)O3)c3ncnc(N)c23)C(C)C)c([N+](=O)[O-])c1. The molecule has 2 aromatic heterocycles. The molecule has 1 fully saturated rings. The van der Waals surface area contributed by atoms with Gasteiger partial charge >= 0.3 is 0 Å². The summed E-state index contributed by atoms with van der Waals surface area (Å²) in [5.41, 5.74) is 8.13. The molecule has 0 aliphatic carbocycles. The molecule has 1 aliphatic heterocycles. The number of rotatable bonds is 10. The Morgan fingerprint density at radius 2 is 2.15 bits per heavy atom. The number of aliphatic hydroxyl groups is 2. The van der Waals surface area contributed by atoms with Crippen LogP contribution in [0, 0.1) is 27.9 Å². The molecule has 0 radical (unpaired) electrons. The van der Waals surface area contributed by atoms with E-state index in [9.17, 15) is 25.1 Å². The molecule has 0 amide bonds. The van der Waals surface area contributed by atoms with Gasteiger partial charge in [0, 0.05) is 42.7 Å². The van der Waals surface area contributed by atoms with Crippen LogP contribution in [0.4, 0.5) is 11.5 Å². The Labute approximate surface area is 231 Å². The first kappa shape index (κ1) is 29.1. The average Bonchev–Trinajstić information content (AvgIpc) is 3.47. The Morgan fingerprint density at radius 1 is 1.38 bits per heavy atom. The number of hydrogen-bond donors (Lipinski definition) is 3. The lowest BCUT2D eigenvalue weighted by molar-refractivity contribution is -0.386. The van der Waals surface area contributed by atoms with E-state index in [0.29, 0.717) is 40.6 Å².